The summed E-state index contributed by atoms with van der Waals surface area (Å²) in [6.45, 7) is 9.19. The summed E-state index contributed by atoms with van der Waals surface area (Å²) < 4.78 is 10.0. The van der Waals surface area contributed by atoms with E-state index in [1.165, 1.54) is 6.08 Å². The second-order valence-corrected chi connectivity index (χ2v) is 5.64. The first-order valence-corrected chi connectivity index (χ1v) is 7.02. The molecule has 6 heteroatoms. The van der Waals surface area contributed by atoms with E-state index in [2.05, 4.69) is 10.3 Å². The zero-order valence-corrected chi connectivity index (χ0v) is 13.6. The van der Waals surface area contributed by atoms with Crippen LogP contribution in [0.2, 0.25) is 0 Å². The summed E-state index contributed by atoms with van der Waals surface area (Å²) in [5.74, 6) is -0.0539. The monoisotopic (exact) mass is 306 g/mol. The number of amides is 1. The Labute approximate surface area is 130 Å². The van der Waals surface area contributed by atoms with Crippen molar-refractivity contribution in [3.8, 4) is 0 Å². The number of ether oxygens (including phenoxy) is 2. The lowest BCUT2D eigenvalue weighted by Crippen LogP contribution is -2.27. The average molecular weight is 306 g/mol. The predicted octanol–water partition coefficient (Wildman–Crippen LogP) is 3.40. The van der Waals surface area contributed by atoms with Gasteiger partial charge < -0.3 is 9.47 Å². The van der Waals surface area contributed by atoms with Gasteiger partial charge in [-0.2, -0.15) is 0 Å². The van der Waals surface area contributed by atoms with Gasteiger partial charge in [-0.15, -0.1) is 0 Å². The maximum Gasteiger partial charge on any atom is 0.413 e. The fraction of sp³-hybridized carbons (Fsp3) is 0.438. The van der Waals surface area contributed by atoms with E-state index >= 15 is 0 Å². The lowest BCUT2D eigenvalue weighted by molar-refractivity contribution is -0.137. The lowest BCUT2D eigenvalue weighted by atomic mass is 10.1. The van der Waals surface area contributed by atoms with Crippen LogP contribution in [0.25, 0.3) is 5.57 Å². The third-order valence-corrected chi connectivity index (χ3v) is 2.47. The number of allylic oxidation sites excluding steroid dienone is 1. The normalized spacial score (nSPS) is 11.8. The van der Waals surface area contributed by atoms with Crippen molar-refractivity contribution < 1.29 is 19.1 Å². The van der Waals surface area contributed by atoms with Gasteiger partial charge in [0.05, 0.1) is 6.61 Å². The molecule has 0 bridgehead atoms. The zero-order chi connectivity index (χ0) is 16.8. The van der Waals surface area contributed by atoms with Crippen molar-refractivity contribution in [3.63, 3.8) is 0 Å². The minimum absolute atomic E-state index is 0.324. The van der Waals surface area contributed by atoms with Crippen LogP contribution in [0.4, 0.5) is 10.6 Å². The van der Waals surface area contributed by atoms with Gasteiger partial charge in [0, 0.05) is 12.3 Å². The highest BCUT2D eigenvalue weighted by Crippen LogP contribution is 2.17. The Morgan fingerprint density at radius 3 is 2.64 bits per heavy atom. The van der Waals surface area contributed by atoms with Crippen molar-refractivity contribution in [1.82, 2.24) is 4.98 Å². The summed E-state index contributed by atoms with van der Waals surface area (Å²) in [5.41, 5.74) is 0.892. The van der Waals surface area contributed by atoms with Crippen molar-refractivity contribution in [2.75, 3.05) is 11.9 Å². The molecule has 1 aromatic heterocycles. The molecular weight excluding hydrogens is 284 g/mol. The molecule has 0 atom stereocenters. The molecule has 22 heavy (non-hydrogen) atoms. The molecule has 0 saturated heterocycles. The van der Waals surface area contributed by atoms with Crippen molar-refractivity contribution in [2.45, 2.75) is 40.2 Å². The molecule has 0 aliphatic carbocycles. The summed E-state index contributed by atoms with van der Waals surface area (Å²) in [7, 11) is 0. The quantitative estimate of drug-likeness (QED) is 0.681. The number of esters is 1. The number of pyridine rings is 1. The van der Waals surface area contributed by atoms with Gasteiger partial charge in [-0.1, -0.05) is 0 Å². The molecule has 0 radical (unpaired) electrons. The van der Waals surface area contributed by atoms with Gasteiger partial charge in [0.2, 0.25) is 0 Å². The van der Waals surface area contributed by atoms with Crippen LogP contribution in [0, 0.1) is 0 Å². The summed E-state index contributed by atoms with van der Waals surface area (Å²) in [6, 6.07) is 3.40. The van der Waals surface area contributed by atoms with Crippen molar-refractivity contribution in [2.24, 2.45) is 0 Å². The Bertz CT molecular complexity index is 574. The number of nitrogens with one attached hydrogen (secondary N) is 1. The molecule has 0 spiro atoms. The largest absolute Gasteiger partial charge is 0.463 e. The van der Waals surface area contributed by atoms with E-state index in [4.69, 9.17) is 9.47 Å². The lowest BCUT2D eigenvalue weighted by Gasteiger charge is -2.19. The summed E-state index contributed by atoms with van der Waals surface area (Å²) in [4.78, 5) is 27.2. The molecule has 6 nitrogen and oxygen atoms in total. The molecule has 1 amide bonds. The number of anilines is 1. The minimum Gasteiger partial charge on any atom is -0.463 e. The van der Waals surface area contributed by atoms with E-state index in [1.54, 1.807) is 52.9 Å². The average Bonchev–Trinajstić information content (AvgIpc) is 2.36. The summed E-state index contributed by atoms with van der Waals surface area (Å²) in [5, 5.41) is 2.56. The molecule has 0 unspecified atom stereocenters. The number of rotatable bonds is 4. The van der Waals surface area contributed by atoms with Crippen molar-refractivity contribution in [1.29, 1.82) is 0 Å². The van der Waals surface area contributed by atoms with Crippen LogP contribution in [0.15, 0.2) is 24.4 Å². The first-order valence-electron chi connectivity index (χ1n) is 7.02. The third-order valence-electron chi connectivity index (χ3n) is 2.47. The maximum absolute atomic E-state index is 11.7. The predicted molar refractivity (Wildman–Crippen MR) is 84.4 cm³/mol. The van der Waals surface area contributed by atoms with Crippen LogP contribution in [0.1, 0.15) is 40.2 Å². The minimum atomic E-state index is -0.582. The standard InChI is InChI=1S/C16H22N2O4/c1-6-21-14(19)9-11(2)12-7-8-17-13(10-12)18-15(20)22-16(3,4)5/h7-10H,6H2,1-5H3,(H,17,18,20)/b11-9+. The van der Waals surface area contributed by atoms with Gasteiger partial charge in [-0.05, 0) is 57.9 Å². The highest BCUT2D eigenvalue weighted by Gasteiger charge is 2.16. The number of aromatic nitrogens is 1. The molecule has 0 saturated carbocycles. The van der Waals surface area contributed by atoms with Gasteiger partial charge in [0.25, 0.3) is 0 Å². The van der Waals surface area contributed by atoms with Gasteiger partial charge in [0.15, 0.2) is 0 Å². The maximum atomic E-state index is 11.7. The van der Waals surface area contributed by atoms with E-state index in [-0.39, 0.29) is 0 Å². The van der Waals surface area contributed by atoms with Crippen LogP contribution >= 0.6 is 0 Å². The van der Waals surface area contributed by atoms with Crippen LogP contribution in [0.5, 0.6) is 0 Å². The fourth-order valence-electron chi connectivity index (χ4n) is 1.60. The molecule has 0 aromatic carbocycles. The SMILES string of the molecule is CCOC(=O)/C=C(\C)c1ccnc(NC(=O)OC(C)(C)C)c1. The van der Waals surface area contributed by atoms with Crippen molar-refractivity contribution in [3.05, 3.63) is 30.0 Å². The number of hydrogen-bond donors (Lipinski definition) is 1. The topological polar surface area (TPSA) is 77.5 Å². The number of carbonyl (C=O) groups is 2. The van der Waals surface area contributed by atoms with E-state index in [0.717, 1.165) is 5.56 Å². The molecular formula is C16H22N2O4. The van der Waals surface area contributed by atoms with E-state index < -0.39 is 17.7 Å². The summed E-state index contributed by atoms with van der Waals surface area (Å²) >= 11 is 0. The second kappa shape index (κ2) is 7.59. The van der Waals surface area contributed by atoms with Crippen LogP contribution in [-0.4, -0.2) is 29.3 Å². The molecule has 1 heterocycles. The van der Waals surface area contributed by atoms with E-state index in [9.17, 15) is 9.59 Å². The van der Waals surface area contributed by atoms with Crippen LogP contribution in [0.3, 0.4) is 0 Å². The first-order chi connectivity index (χ1) is 10.2. The van der Waals surface area contributed by atoms with Crippen LogP contribution < -0.4 is 5.32 Å². The van der Waals surface area contributed by atoms with Gasteiger partial charge >= 0.3 is 12.1 Å². The molecule has 1 rings (SSSR count). The molecule has 1 N–H and O–H groups in total. The number of carbonyl (C=O) groups excluding carboxylic acids is 2. The smallest absolute Gasteiger partial charge is 0.413 e. The fourth-order valence-corrected chi connectivity index (χ4v) is 1.60. The second-order valence-electron chi connectivity index (χ2n) is 5.64. The van der Waals surface area contributed by atoms with Gasteiger partial charge in [0.1, 0.15) is 11.4 Å². The zero-order valence-electron chi connectivity index (χ0n) is 13.6. The molecule has 0 aliphatic rings. The van der Waals surface area contributed by atoms with Gasteiger partial charge in [-0.25, -0.2) is 14.6 Å². The highest BCUT2D eigenvalue weighted by molar-refractivity contribution is 5.91. The van der Waals surface area contributed by atoms with Crippen molar-refractivity contribution >= 4 is 23.5 Å². The highest BCUT2D eigenvalue weighted by atomic mass is 16.6. The molecule has 120 valence electrons. The van der Waals surface area contributed by atoms with Crippen LogP contribution in [-0.2, 0) is 14.3 Å². The van der Waals surface area contributed by atoms with E-state index in [1.807, 2.05) is 0 Å². The Morgan fingerprint density at radius 1 is 1.36 bits per heavy atom. The molecule has 0 fully saturated rings. The molecule has 0 aliphatic heterocycles. The Hall–Kier alpha value is -2.37. The first kappa shape index (κ1) is 17.7. The Balaban J connectivity index is 2.82. The van der Waals surface area contributed by atoms with E-state index in [0.29, 0.717) is 18.0 Å². The Kier molecular flexibility index (Phi) is 6.10. The number of hydrogen-bond acceptors (Lipinski definition) is 5. The van der Waals surface area contributed by atoms with Gasteiger partial charge in [-0.3, -0.25) is 5.32 Å². The number of nitrogens with zero attached hydrogens (tertiary/aromatic N) is 1. The summed E-state index contributed by atoms with van der Waals surface area (Å²) in [6.07, 6.45) is 2.37. The third kappa shape index (κ3) is 6.39. The Morgan fingerprint density at radius 2 is 2.05 bits per heavy atom. The molecule has 1 aromatic rings.